The molecule has 27 heavy (non-hydrogen) atoms. The Morgan fingerprint density at radius 3 is 2.85 bits per heavy atom. The van der Waals surface area contributed by atoms with Gasteiger partial charge in [0.25, 0.3) is 11.1 Å². The number of amides is 1. The Morgan fingerprint density at radius 2 is 2.04 bits per heavy atom. The van der Waals surface area contributed by atoms with Crippen molar-refractivity contribution in [1.82, 2.24) is 10.2 Å². The lowest BCUT2D eigenvalue weighted by Gasteiger charge is -2.08. The average Bonchev–Trinajstić information content (AvgIpc) is 3.10. The zero-order valence-corrected chi connectivity index (χ0v) is 16.4. The van der Waals surface area contributed by atoms with E-state index in [2.05, 4.69) is 15.5 Å². The molecule has 0 bridgehead atoms. The highest BCUT2D eigenvalue weighted by molar-refractivity contribution is 7.99. The summed E-state index contributed by atoms with van der Waals surface area (Å²) in [4.78, 5) is 12.1. The van der Waals surface area contributed by atoms with Crippen LogP contribution in [0.15, 0.2) is 52.1 Å². The van der Waals surface area contributed by atoms with E-state index in [9.17, 15) is 4.79 Å². The fourth-order valence-corrected chi connectivity index (χ4v) is 3.01. The normalized spacial score (nSPS) is 10.6. The summed E-state index contributed by atoms with van der Waals surface area (Å²) >= 11 is 7.20. The van der Waals surface area contributed by atoms with Crippen LogP contribution in [0.3, 0.4) is 0 Å². The quantitative estimate of drug-likeness (QED) is 0.578. The molecule has 0 aliphatic heterocycles. The molecule has 0 radical (unpaired) electrons. The maximum atomic E-state index is 12.1. The van der Waals surface area contributed by atoms with E-state index in [-0.39, 0.29) is 18.3 Å². The number of benzene rings is 2. The lowest BCUT2D eigenvalue weighted by Crippen LogP contribution is -2.14. The molecule has 1 heterocycles. The van der Waals surface area contributed by atoms with Gasteiger partial charge in [-0.05, 0) is 43.2 Å². The van der Waals surface area contributed by atoms with Crippen molar-refractivity contribution in [2.24, 2.45) is 0 Å². The van der Waals surface area contributed by atoms with E-state index < -0.39 is 0 Å². The number of ether oxygens (including phenoxy) is 1. The van der Waals surface area contributed by atoms with Crippen LogP contribution in [0.25, 0.3) is 0 Å². The first-order valence-corrected chi connectivity index (χ1v) is 9.57. The van der Waals surface area contributed by atoms with Crippen LogP contribution in [-0.2, 0) is 11.4 Å². The number of anilines is 1. The third-order valence-electron chi connectivity index (χ3n) is 3.63. The number of aromatic nitrogens is 2. The summed E-state index contributed by atoms with van der Waals surface area (Å²) in [5.74, 6) is 0.882. The van der Waals surface area contributed by atoms with Crippen molar-refractivity contribution in [3.63, 3.8) is 0 Å². The highest BCUT2D eigenvalue weighted by Crippen LogP contribution is 2.24. The predicted molar refractivity (Wildman–Crippen MR) is 105 cm³/mol. The van der Waals surface area contributed by atoms with Crippen LogP contribution in [0.1, 0.15) is 17.0 Å². The molecule has 6 nitrogen and oxygen atoms in total. The average molecular weight is 404 g/mol. The number of hydrogen-bond donors (Lipinski definition) is 1. The molecule has 1 aromatic heterocycles. The smallest absolute Gasteiger partial charge is 0.277 e. The van der Waals surface area contributed by atoms with Crippen LogP contribution in [0.5, 0.6) is 5.75 Å². The summed E-state index contributed by atoms with van der Waals surface area (Å²) in [6.07, 6.45) is 0. The highest BCUT2D eigenvalue weighted by Gasteiger charge is 2.12. The first-order valence-electron chi connectivity index (χ1n) is 8.21. The largest absolute Gasteiger partial charge is 0.482 e. The summed E-state index contributed by atoms with van der Waals surface area (Å²) in [6, 6.07) is 13.1. The van der Waals surface area contributed by atoms with Gasteiger partial charge < -0.3 is 14.5 Å². The number of aryl methyl sites for hydroxylation is 2. The highest BCUT2D eigenvalue weighted by atomic mass is 35.5. The van der Waals surface area contributed by atoms with Crippen LogP contribution >= 0.6 is 23.4 Å². The van der Waals surface area contributed by atoms with E-state index in [0.717, 1.165) is 16.8 Å². The lowest BCUT2D eigenvalue weighted by atomic mass is 10.1. The summed E-state index contributed by atoms with van der Waals surface area (Å²) in [6.45, 7) is 4.03. The van der Waals surface area contributed by atoms with E-state index >= 15 is 0 Å². The van der Waals surface area contributed by atoms with Crippen LogP contribution in [0.4, 0.5) is 5.69 Å². The van der Waals surface area contributed by atoms with E-state index in [1.165, 1.54) is 11.8 Å². The number of para-hydroxylation sites is 1. The van der Waals surface area contributed by atoms with Crippen molar-refractivity contribution in [3.8, 4) is 5.75 Å². The first kappa shape index (κ1) is 19.3. The maximum Gasteiger partial charge on any atom is 0.277 e. The van der Waals surface area contributed by atoms with Gasteiger partial charge in [-0.25, -0.2) is 0 Å². The Balaban J connectivity index is 1.50. The minimum Gasteiger partial charge on any atom is -0.482 e. The van der Waals surface area contributed by atoms with Gasteiger partial charge in [0.1, 0.15) is 5.75 Å². The molecular formula is C19H18ClN3O3S. The van der Waals surface area contributed by atoms with Gasteiger partial charge in [-0.1, -0.05) is 47.6 Å². The van der Waals surface area contributed by atoms with Crippen LogP contribution < -0.4 is 10.1 Å². The van der Waals surface area contributed by atoms with Crippen molar-refractivity contribution in [2.75, 3.05) is 11.1 Å². The lowest BCUT2D eigenvalue weighted by molar-refractivity contribution is -0.113. The van der Waals surface area contributed by atoms with Crippen LogP contribution in [-0.4, -0.2) is 21.9 Å². The summed E-state index contributed by atoms with van der Waals surface area (Å²) in [5, 5.41) is 11.5. The standard InChI is InChI=1S/C19H18ClN3O3S/c1-12-7-8-13(2)15(9-12)21-17(24)11-27-19-23-22-18(26-19)10-25-16-6-4-3-5-14(16)20/h3-9H,10-11H2,1-2H3,(H,21,24). The van der Waals surface area contributed by atoms with E-state index in [0.29, 0.717) is 21.9 Å². The Bertz CT molecular complexity index is 945. The minimum atomic E-state index is -0.138. The molecule has 0 aliphatic carbocycles. The number of rotatable bonds is 7. The molecule has 2 aromatic carbocycles. The molecule has 0 saturated heterocycles. The molecular weight excluding hydrogens is 386 g/mol. The van der Waals surface area contributed by atoms with Gasteiger partial charge in [0.05, 0.1) is 10.8 Å². The fourth-order valence-electron chi connectivity index (χ4n) is 2.24. The fraction of sp³-hybridized carbons (Fsp3) is 0.211. The van der Waals surface area contributed by atoms with Crippen molar-refractivity contribution in [3.05, 3.63) is 64.5 Å². The molecule has 8 heteroatoms. The van der Waals surface area contributed by atoms with Crippen molar-refractivity contribution >= 4 is 35.0 Å². The molecule has 1 N–H and O–H groups in total. The number of nitrogens with one attached hydrogen (secondary N) is 1. The molecule has 0 saturated carbocycles. The SMILES string of the molecule is Cc1ccc(C)c(NC(=O)CSc2nnc(COc3ccccc3Cl)o2)c1. The van der Waals surface area contributed by atoms with Gasteiger partial charge in [-0.15, -0.1) is 10.2 Å². The third kappa shape index (κ3) is 5.48. The number of nitrogens with zero attached hydrogens (tertiary/aromatic N) is 2. The second-order valence-corrected chi connectivity index (χ2v) is 7.17. The molecule has 1 amide bonds. The monoisotopic (exact) mass is 403 g/mol. The van der Waals surface area contributed by atoms with E-state index in [1.54, 1.807) is 12.1 Å². The van der Waals surface area contributed by atoms with E-state index in [1.807, 2.05) is 44.2 Å². The van der Waals surface area contributed by atoms with Crippen LogP contribution in [0, 0.1) is 13.8 Å². The molecule has 0 spiro atoms. The number of carbonyl (C=O) groups is 1. The van der Waals surface area contributed by atoms with Crippen molar-refractivity contribution in [2.45, 2.75) is 25.7 Å². The van der Waals surface area contributed by atoms with Crippen molar-refractivity contribution < 1.29 is 13.9 Å². The maximum absolute atomic E-state index is 12.1. The van der Waals surface area contributed by atoms with Gasteiger partial charge in [0.2, 0.25) is 5.91 Å². The second-order valence-electron chi connectivity index (χ2n) is 5.84. The molecule has 0 aliphatic rings. The Hall–Kier alpha value is -2.51. The predicted octanol–water partition coefficient (Wildman–Crippen LogP) is 4.65. The first-order chi connectivity index (χ1) is 13.0. The Morgan fingerprint density at radius 1 is 1.22 bits per heavy atom. The zero-order chi connectivity index (χ0) is 19.2. The van der Waals surface area contributed by atoms with Crippen LogP contribution in [0.2, 0.25) is 5.02 Å². The summed E-state index contributed by atoms with van der Waals surface area (Å²) in [5.41, 5.74) is 2.90. The Kier molecular flexibility index (Phi) is 6.36. The Labute approximate surface area is 166 Å². The molecule has 3 rings (SSSR count). The molecule has 140 valence electrons. The number of halogens is 1. The number of carbonyl (C=O) groups excluding carboxylic acids is 1. The van der Waals surface area contributed by atoms with Gasteiger partial charge in [-0.3, -0.25) is 4.79 Å². The minimum absolute atomic E-state index is 0.103. The molecule has 0 unspecified atom stereocenters. The number of hydrogen-bond acceptors (Lipinski definition) is 6. The number of thioether (sulfide) groups is 1. The van der Waals surface area contributed by atoms with Gasteiger partial charge >= 0.3 is 0 Å². The second kappa shape index (κ2) is 8.92. The summed E-state index contributed by atoms with van der Waals surface area (Å²) < 4.78 is 11.0. The topological polar surface area (TPSA) is 77.2 Å². The van der Waals surface area contributed by atoms with Gasteiger partial charge in [0, 0.05) is 5.69 Å². The van der Waals surface area contributed by atoms with E-state index in [4.69, 9.17) is 20.8 Å². The molecule has 0 atom stereocenters. The third-order valence-corrected chi connectivity index (χ3v) is 4.76. The summed E-state index contributed by atoms with van der Waals surface area (Å²) in [7, 11) is 0. The zero-order valence-electron chi connectivity index (χ0n) is 14.9. The molecule has 3 aromatic rings. The van der Waals surface area contributed by atoms with Crippen molar-refractivity contribution in [1.29, 1.82) is 0 Å². The van der Waals surface area contributed by atoms with Gasteiger partial charge in [0.15, 0.2) is 6.61 Å². The molecule has 0 fully saturated rings. The van der Waals surface area contributed by atoms with Gasteiger partial charge in [-0.2, -0.15) is 0 Å².